The normalized spacial score (nSPS) is 33.2. The van der Waals surface area contributed by atoms with E-state index in [2.05, 4.69) is 5.16 Å². The minimum atomic E-state index is -4.31. The summed E-state index contributed by atoms with van der Waals surface area (Å²) in [6, 6.07) is 0. The summed E-state index contributed by atoms with van der Waals surface area (Å²) in [5.74, 6) is -2.96. The quantitative estimate of drug-likeness (QED) is 0.598. The van der Waals surface area contributed by atoms with Gasteiger partial charge >= 0.3 is 6.18 Å². The molecule has 120 valence electrons. The van der Waals surface area contributed by atoms with Crippen LogP contribution in [0.2, 0.25) is 0 Å². The summed E-state index contributed by atoms with van der Waals surface area (Å²) in [5.41, 5.74) is 0.607. The lowest BCUT2D eigenvalue weighted by atomic mass is 9.77. The number of halogens is 3. The number of piperidine rings is 1. The molecule has 1 amide bonds. The Morgan fingerprint density at radius 2 is 2.00 bits per heavy atom. The predicted octanol–water partition coefficient (Wildman–Crippen LogP) is 3.05. The van der Waals surface area contributed by atoms with Crippen LogP contribution in [0.1, 0.15) is 39.0 Å². The number of hydrogen-bond acceptors (Lipinski definition) is 3. The molecule has 0 aromatic heterocycles. The van der Waals surface area contributed by atoms with E-state index in [1.807, 2.05) is 6.92 Å². The number of rotatable bonds is 1. The molecule has 0 radical (unpaired) electrons. The molecule has 4 nitrogen and oxygen atoms in total. The molecule has 0 spiro atoms. The standard InChI is InChI=1S/C14H21F3N2O2/c1-9-8-19(7-6-12(9)18-21)13(20)10-4-2-3-5-11(10)14(15,16)17/h9-11,21H,2-8H2,1H3. The van der Waals surface area contributed by atoms with E-state index < -0.39 is 18.0 Å². The van der Waals surface area contributed by atoms with Gasteiger partial charge in [0.25, 0.3) is 0 Å². The number of likely N-dealkylation sites (tertiary alicyclic amines) is 1. The fourth-order valence-corrected chi connectivity index (χ4v) is 3.42. The number of carbonyl (C=O) groups is 1. The van der Waals surface area contributed by atoms with Crippen LogP contribution < -0.4 is 0 Å². The van der Waals surface area contributed by atoms with Crippen LogP contribution in [0.3, 0.4) is 0 Å². The molecule has 1 aliphatic heterocycles. The maximum atomic E-state index is 13.1. The third-order valence-corrected chi connectivity index (χ3v) is 4.64. The number of oxime groups is 1. The molecule has 21 heavy (non-hydrogen) atoms. The van der Waals surface area contributed by atoms with E-state index in [-0.39, 0.29) is 18.2 Å². The Morgan fingerprint density at radius 3 is 2.57 bits per heavy atom. The van der Waals surface area contributed by atoms with E-state index in [0.29, 0.717) is 44.5 Å². The molecule has 1 heterocycles. The summed E-state index contributed by atoms with van der Waals surface area (Å²) < 4.78 is 39.3. The maximum absolute atomic E-state index is 13.1. The van der Waals surface area contributed by atoms with E-state index in [4.69, 9.17) is 5.21 Å². The Morgan fingerprint density at radius 1 is 1.33 bits per heavy atom. The molecule has 0 aromatic carbocycles. The largest absolute Gasteiger partial charge is 0.411 e. The SMILES string of the molecule is CC1CN(C(=O)C2CCCCC2C(F)(F)F)CCC1=NO. The van der Waals surface area contributed by atoms with Crippen molar-refractivity contribution < 1.29 is 23.2 Å². The van der Waals surface area contributed by atoms with Gasteiger partial charge in [-0.3, -0.25) is 4.79 Å². The fourth-order valence-electron chi connectivity index (χ4n) is 3.42. The van der Waals surface area contributed by atoms with Crippen molar-refractivity contribution >= 4 is 11.6 Å². The zero-order chi connectivity index (χ0) is 15.6. The van der Waals surface area contributed by atoms with Crippen LogP contribution in [0.5, 0.6) is 0 Å². The molecule has 3 unspecified atom stereocenters. The molecule has 1 saturated carbocycles. The highest BCUT2D eigenvalue weighted by molar-refractivity contribution is 5.89. The topological polar surface area (TPSA) is 52.9 Å². The van der Waals surface area contributed by atoms with Crippen molar-refractivity contribution in [1.29, 1.82) is 0 Å². The molecule has 7 heteroatoms. The van der Waals surface area contributed by atoms with Crippen LogP contribution in [-0.4, -0.2) is 41.0 Å². The molecule has 2 aliphatic rings. The Labute approximate surface area is 122 Å². The van der Waals surface area contributed by atoms with Crippen LogP contribution in [-0.2, 0) is 4.79 Å². The third-order valence-electron chi connectivity index (χ3n) is 4.64. The molecule has 1 N–H and O–H groups in total. The second-order valence-corrected chi connectivity index (χ2v) is 6.07. The number of nitrogens with zero attached hydrogens (tertiary/aromatic N) is 2. The molecular formula is C14H21F3N2O2. The van der Waals surface area contributed by atoms with Crippen molar-refractivity contribution in [1.82, 2.24) is 4.90 Å². The van der Waals surface area contributed by atoms with Gasteiger partial charge in [0.2, 0.25) is 5.91 Å². The number of carbonyl (C=O) groups excluding carboxylic acids is 1. The molecule has 2 fully saturated rings. The van der Waals surface area contributed by atoms with Crippen molar-refractivity contribution in [3.8, 4) is 0 Å². The highest BCUT2D eigenvalue weighted by Crippen LogP contribution is 2.42. The van der Waals surface area contributed by atoms with E-state index >= 15 is 0 Å². The highest BCUT2D eigenvalue weighted by atomic mass is 19.4. The summed E-state index contributed by atoms with van der Waals surface area (Å²) in [4.78, 5) is 14.0. The first-order valence-corrected chi connectivity index (χ1v) is 7.41. The van der Waals surface area contributed by atoms with Crippen molar-refractivity contribution in [2.75, 3.05) is 13.1 Å². The summed E-state index contributed by atoms with van der Waals surface area (Å²) >= 11 is 0. The Hall–Kier alpha value is -1.27. The predicted molar refractivity (Wildman–Crippen MR) is 71.1 cm³/mol. The van der Waals surface area contributed by atoms with Gasteiger partial charge < -0.3 is 10.1 Å². The molecule has 3 atom stereocenters. The van der Waals surface area contributed by atoms with Gasteiger partial charge in [-0.25, -0.2) is 0 Å². The van der Waals surface area contributed by atoms with Gasteiger partial charge in [-0.15, -0.1) is 0 Å². The first-order chi connectivity index (χ1) is 9.84. The van der Waals surface area contributed by atoms with Crippen molar-refractivity contribution in [3.63, 3.8) is 0 Å². The summed E-state index contributed by atoms with van der Waals surface area (Å²) in [6.45, 7) is 2.49. The van der Waals surface area contributed by atoms with E-state index in [1.54, 1.807) is 0 Å². The van der Waals surface area contributed by atoms with Gasteiger partial charge in [-0.05, 0) is 12.8 Å². The smallest absolute Gasteiger partial charge is 0.392 e. The highest BCUT2D eigenvalue weighted by Gasteiger charge is 2.49. The average molecular weight is 306 g/mol. The maximum Gasteiger partial charge on any atom is 0.392 e. The molecular weight excluding hydrogens is 285 g/mol. The molecule has 0 aromatic rings. The molecule has 1 aliphatic carbocycles. The molecule has 0 bridgehead atoms. The lowest BCUT2D eigenvalue weighted by Crippen LogP contribution is -2.49. The molecule has 1 saturated heterocycles. The van der Waals surface area contributed by atoms with Crippen molar-refractivity contribution in [2.45, 2.75) is 45.2 Å². The zero-order valence-electron chi connectivity index (χ0n) is 12.1. The monoisotopic (exact) mass is 306 g/mol. The number of alkyl halides is 3. The van der Waals surface area contributed by atoms with E-state index in [0.717, 1.165) is 0 Å². The van der Waals surface area contributed by atoms with Crippen LogP contribution in [0.4, 0.5) is 13.2 Å². The summed E-state index contributed by atoms with van der Waals surface area (Å²) in [5, 5.41) is 12.0. The van der Waals surface area contributed by atoms with E-state index in [9.17, 15) is 18.0 Å². The summed E-state index contributed by atoms with van der Waals surface area (Å²) in [6.07, 6.45) is -2.31. The van der Waals surface area contributed by atoms with Crippen LogP contribution >= 0.6 is 0 Å². The second-order valence-electron chi connectivity index (χ2n) is 6.07. The Balaban J connectivity index is 2.08. The average Bonchev–Trinajstić information content (AvgIpc) is 2.45. The van der Waals surface area contributed by atoms with Gasteiger partial charge in [0, 0.05) is 31.3 Å². The second kappa shape index (κ2) is 6.23. The van der Waals surface area contributed by atoms with Gasteiger partial charge in [0.15, 0.2) is 0 Å². The molecule has 2 rings (SSSR count). The lowest BCUT2D eigenvalue weighted by molar-refractivity contribution is -0.201. The van der Waals surface area contributed by atoms with Crippen LogP contribution in [0.15, 0.2) is 5.16 Å². The van der Waals surface area contributed by atoms with Gasteiger partial charge in [0.05, 0.1) is 11.6 Å². The first kappa shape index (κ1) is 16.1. The zero-order valence-corrected chi connectivity index (χ0v) is 12.1. The van der Waals surface area contributed by atoms with Crippen LogP contribution in [0.25, 0.3) is 0 Å². The minimum Gasteiger partial charge on any atom is -0.411 e. The van der Waals surface area contributed by atoms with Crippen LogP contribution in [0, 0.1) is 17.8 Å². The Kier molecular flexibility index (Phi) is 4.78. The van der Waals surface area contributed by atoms with Gasteiger partial charge in [0.1, 0.15) is 0 Å². The third kappa shape index (κ3) is 3.49. The van der Waals surface area contributed by atoms with Crippen molar-refractivity contribution in [2.24, 2.45) is 22.9 Å². The fraction of sp³-hybridized carbons (Fsp3) is 0.857. The van der Waals surface area contributed by atoms with E-state index in [1.165, 1.54) is 4.90 Å². The Bertz CT molecular complexity index is 423. The minimum absolute atomic E-state index is 0.0483. The number of amides is 1. The first-order valence-electron chi connectivity index (χ1n) is 7.41. The summed E-state index contributed by atoms with van der Waals surface area (Å²) in [7, 11) is 0. The lowest BCUT2D eigenvalue weighted by Gasteiger charge is -2.38. The number of hydrogen-bond donors (Lipinski definition) is 1. The van der Waals surface area contributed by atoms with Crippen molar-refractivity contribution in [3.05, 3.63) is 0 Å². The van der Waals surface area contributed by atoms with Gasteiger partial charge in [-0.1, -0.05) is 24.9 Å². The van der Waals surface area contributed by atoms with Gasteiger partial charge in [-0.2, -0.15) is 13.2 Å².